The summed E-state index contributed by atoms with van der Waals surface area (Å²) >= 11 is 1.27. The number of thiazole rings is 1. The van der Waals surface area contributed by atoms with E-state index in [2.05, 4.69) is 10.3 Å². The molecule has 0 atom stereocenters. The van der Waals surface area contributed by atoms with E-state index >= 15 is 0 Å². The predicted octanol–water partition coefficient (Wildman–Crippen LogP) is 1.39. The van der Waals surface area contributed by atoms with Gasteiger partial charge in [-0.3, -0.25) is 9.59 Å². The topological polar surface area (TPSA) is 91.8 Å². The summed E-state index contributed by atoms with van der Waals surface area (Å²) in [5, 5.41) is 3.30. The van der Waals surface area contributed by atoms with Gasteiger partial charge in [0.05, 0.1) is 12.2 Å². The van der Waals surface area contributed by atoms with Crippen LogP contribution in [0.5, 0.6) is 0 Å². The van der Waals surface area contributed by atoms with Crippen molar-refractivity contribution >= 4 is 29.7 Å². The molecule has 1 aliphatic heterocycles. The van der Waals surface area contributed by atoms with E-state index in [4.69, 9.17) is 4.74 Å². The van der Waals surface area contributed by atoms with E-state index in [0.717, 1.165) is 6.41 Å². The Labute approximate surface area is 151 Å². The van der Waals surface area contributed by atoms with Crippen molar-refractivity contribution in [3.63, 3.8) is 0 Å². The average Bonchev–Trinajstić information content (AvgIpc) is 2.92. The molecule has 1 aromatic heterocycles. The number of carbonyl (C=O) groups is 3. The first kappa shape index (κ1) is 19.2. The molecule has 0 spiro atoms. The van der Waals surface area contributed by atoms with Gasteiger partial charge in [-0.1, -0.05) is 0 Å². The minimum absolute atomic E-state index is 0.0796. The zero-order valence-electron chi connectivity index (χ0n) is 15.0. The maximum absolute atomic E-state index is 12.6. The molecule has 0 saturated carbocycles. The standard InChI is InChI=1S/C16H24N4O4S/c1-11-13(14(22)20-7-5-19(10-21)6-8-20)25-12(18-11)9-17-15(23)24-16(2,3)4/h10H,5-9H2,1-4H3,(H,17,23). The molecule has 0 aliphatic carbocycles. The van der Waals surface area contributed by atoms with E-state index in [-0.39, 0.29) is 12.5 Å². The lowest BCUT2D eigenvalue weighted by Gasteiger charge is -2.32. The van der Waals surface area contributed by atoms with Gasteiger partial charge >= 0.3 is 6.09 Å². The number of alkyl carbamates (subject to hydrolysis) is 1. The lowest BCUT2D eigenvalue weighted by molar-refractivity contribution is -0.119. The van der Waals surface area contributed by atoms with E-state index in [9.17, 15) is 14.4 Å². The first-order valence-corrected chi connectivity index (χ1v) is 8.93. The normalized spacial score (nSPS) is 15.0. The number of nitrogens with one attached hydrogen (secondary N) is 1. The third-order valence-corrected chi connectivity index (χ3v) is 4.71. The Hall–Kier alpha value is -2.16. The first-order valence-electron chi connectivity index (χ1n) is 8.11. The van der Waals surface area contributed by atoms with Crippen molar-refractivity contribution in [1.29, 1.82) is 0 Å². The van der Waals surface area contributed by atoms with Crippen LogP contribution >= 0.6 is 11.3 Å². The maximum Gasteiger partial charge on any atom is 0.408 e. The Morgan fingerprint density at radius 2 is 1.92 bits per heavy atom. The fraction of sp³-hybridized carbons (Fsp3) is 0.625. The summed E-state index contributed by atoms with van der Waals surface area (Å²) in [7, 11) is 0. The second-order valence-corrected chi connectivity index (χ2v) is 7.89. The molecule has 8 nitrogen and oxygen atoms in total. The van der Waals surface area contributed by atoms with Gasteiger partial charge in [-0.05, 0) is 27.7 Å². The molecule has 25 heavy (non-hydrogen) atoms. The highest BCUT2D eigenvalue weighted by molar-refractivity contribution is 7.13. The van der Waals surface area contributed by atoms with E-state index in [1.54, 1.807) is 37.5 Å². The summed E-state index contributed by atoms with van der Waals surface area (Å²) in [6.45, 7) is 9.49. The largest absolute Gasteiger partial charge is 0.444 e. The van der Waals surface area contributed by atoms with Crippen molar-refractivity contribution in [1.82, 2.24) is 20.1 Å². The van der Waals surface area contributed by atoms with Gasteiger partial charge in [0.2, 0.25) is 6.41 Å². The highest BCUT2D eigenvalue weighted by Gasteiger charge is 2.25. The number of hydrogen-bond acceptors (Lipinski definition) is 6. The van der Waals surface area contributed by atoms with Gasteiger partial charge in [0.15, 0.2) is 0 Å². The molecular weight excluding hydrogens is 344 g/mol. The van der Waals surface area contributed by atoms with Crippen LogP contribution in [0.15, 0.2) is 0 Å². The summed E-state index contributed by atoms with van der Waals surface area (Å²) in [5.74, 6) is -0.0796. The molecule has 0 aromatic carbocycles. The quantitative estimate of drug-likeness (QED) is 0.811. The number of aromatic nitrogens is 1. The number of carbonyl (C=O) groups excluding carboxylic acids is 3. The van der Waals surface area contributed by atoms with Gasteiger partial charge in [0.25, 0.3) is 5.91 Å². The van der Waals surface area contributed by atoms with E-state index in [1.807, 2.05) is 0 Å². The Bertz CT molecular complexity index is 645. The van der Waals surface area contributed by atoms with Gasteiger partial charge in [-0.25, -0.2) is 9.78 Å². The molecule has 2 rings (SSSR count). The first-order chi connectivity index (χ1) is 11.7. The number of amides is 3. The molecular formula is C16H24N4O4S. The molecule has 138 valence electrons. The highest BCUT2D eigenvalue weighted by Crippen LogP contribution is 2.21. The van der Waals surface area contributed by atoms with Gasteiger partial charge < -0.3 is 19.9 Å². The Morgan fingerprint density at radius 1 is 1.28 bits per heavy atom. The van der Waals surface area contributed by atoms with Crippen LogP contribution in [0.2, 0.25) is 0 Å². The van der Waals surface area contributed by atoms with Crippen LogP contribution in [-0.2, 0) is 16.1 Å². The minimum atomic E-state index is -0.562. The van der Waals surface area contributed by atoms with Crippen LogP contribution in [0, 0.1) is 6.92 Å². The average molecular weight is 368 g/mol. The van der Waals surface area contributed by atoms with E-state index in [0.29, 0.717) is 41.8 Å². The van der Waals surface area contributed by atoms with Crippen LogP contribution in [0.3, 0.4) is 0 Å². The van der Waals surface area contributed by atoms with Gasteiger partial charge in [0.1, 0.15) is 15.5 Å². The summed E-state index contributed by atoms with van der Waals surface area (Å²) < 4.78 is 5.18. The van der Waals surface area contributed by atoms with Crippen LogP contribution in [-0.4, -0.2) is 65.0 Å². The summed E-state index contributed by atoms with van der Waals surface area (Å²) in [6, 6.07) is 0. The Balaban J connectivity index is 1.94. The van der Waals surface area contributed by atoms with Crippen molar-refractivity contribution in [2.75, 3.05) is 26.2 Å². The number of aryl methyl sites for hydroxylation is 1. The Kier molecular flexibility index (Phi) is 5.99. The lowest BCUT2D eigenvalue weighted by Crippen LogP contribution is -2.48. The third kappa shape index (κ3) is 5.42. The van der Waals surface area contributed by atoms with Crippen molar-refractivity contribution < 1.29 is 19.1 Å². The number of hydrogen-bond donors (Lipinski definition) is 1. The van der Waals surface area contributed by atoms with E-state index in [1.165, 1.54) is 11.3 Å². The van der Waals surface area contributed by atoms with Crippen LogP contribution in [0.25, 0.3) is 0 Å². The van der Waals surface area contributed by atoms with Crippen molar-refractivity contribution in [3.05, 3.63) is 15.6 Å². The molecule has 1 aromatic rings. The predicted molar refractivity (Wildman–Crippen MR) is 93.5 cm³/mol. The zero-order valence-corrected chi connectivity index (χ0v) is 15.8. The van der Waals surface area contributed by atoms with Crippen LogP contribution in [0.4, 0.5) is 4.79 Å². The second-order valence-electron chi connectivity index (χ2n) is 6.81. The molecule has 0 bridgehead atoms. The lowest BCUT2D eigenvalue weighted by atomic mass is 10.2. The fourth-order valence-corrected chi connectivity index (χ4v) is 3.33. The molecule has 9 heteroatoms. The smallest absolute Gasteiger partial charge is 0.408 e. The van der Waals surface area contributed by atoms with E-state index < -0.39 is 11.7 Å². The SMILES string of the molecule is Cc1nc(CNC(=O)OC(C)(C)C)sc1C(=O)N1CCN(C=O)CC1. The van der Waals surface area contributed by atoms with Gasteiger partial charge in [-0.15, -0.1) is 11.3 Å². The monoisotopic (exact) mass is 368 g/mol. The van der Waals surface area contributed by atoms with Crippen LogP contribution in [0.1, 0.15) is 41.1 Å². The van der Waals surface area contributed by atoms with Crippen molar-refractivity contribution in [2.45, 2.75) is 39.8 Å². The van der Waals surface area contributed by atoms with Crippen molar-refractivity contribution in [3.8, 4) is 0 Å². The number of ether oxygens (including phenoxy) is 1. The molecule has 1 aliphatic rings. The molecule has 0 radical (unpaired) electrons. The van der Waals surface area contributed by atoms with Crippen molar-refractivity contribution in [2.24, 2.45) is 0 Å². The summed E-state index contributed by atoms with van der Waals surface area (Å²) in [5.41, 5.74) is 0.0852. The molecule has 3 amide bonds. The fourth-order valence-electron chi connectivity index (χ4n) is 2.36. The number of piperazine rings is 1. The minimum Gasteiger partial charge on any atom is -0.444 e. The molecule has 0 unspecified atom stereocenters. The molecule has 1 saturated heterocycles. The maximum atomic E-state index is 12.6. The summed E-state index contributed by atoms with van der Waals surface area (Å²) in [4.78, 5) is 43.4. The van der Waals surface area contributed by atoms with Crippen LogP contribution < -0.4 is 5.32 Å². The molecule has 1 fully saturated rings. The number of nitrogens with zero attached hydrogens (tertiary/aromatic N) is 3. The molecule has 1 N–H and O–H groups in total. The van der Waals surface area contributed by atoms with Gasteiger partial charge in [0, 0.05) is 26.2 Å². The number of rotatable bonds is 4. The summed E-state index contributed by atoms with van der Waals surface area (Å²) in [6.07, 6.45) is 0.290. The zero-order chi connectivity index (χ0) is 18.6. The second kappa shape index (κ2) is 7.81. The van der Waals surface area contributed by atoms with Gasteiger partial charge in [-0.2, -0.15) is 0 Å². The molecule has 2 heterocycles. The Morgan fingerprint density at radius 3 is 2.48 bits per heavy atom. The third-order valence-electron chi connectivity index (χ3n) is 3.57. The highest BCUT2D eigenvalue weighted by atomic mass is 32.1.